The van der Waals surface area contributed by atoms with Crippen LogP contribution in [0.2, 0.25) is 0 Å². The summed E-state index contributed by atoms with van der Waals surface area (Å²) >= 11 is 0. The van der Waals surface area contributed by atoms with Crippen molar-refractivity contribution in [2.75, 3.05) is 5.75 Å². The Bertz CT molecular complexity index is 1260. The molecule has 0 aliphatic heterocycles. The van der Waals surface area contributed by atoms with Gasteiger partial charge in [0, 0.05) is 0 Å². The molecule has 32 heavy (non-hydrogen) atoms. The summed E-state index contributed by atoms with van der Waals surface area (Å²) in [4.78, 5) is 12.7. The van der Waals surface area contributed by atoms with Crippen LogP contribution in [0.5, 0.6) is 0 Å². The molecule has 0 saturated heterocycles. The predicted molar refractivity (Wildman–Crippen MR) is 132 cm³/mol. The number of benzene rings is 2. The van der Waals surface area contributed by atoms with E-state index in [-0.39, 0.29) is 5.43 Å². The first-order chi connectivity index (χ1) is 15.2. The Hall–Kier alpha value is -2.14. The van der Waals surface area contributed by atoms with Crippen LogP contribution in [0.4, 0.5) is 0 Å². The van der Waals surface area contributed by atoms with Gasteiger partial charge < -0.3 is 4.42 Å². The number of hydrogen-bond acceptors (Lipinski definition) is 4. The van der Waals surface area contributed by atoms with Crippen molar-refractivity contribution in [2.24, 2.45) is 11.8 Å². The fourth-order valence-corrected chi connectivity index (χ4v) is 6.66. The van der Waals surface area contributed by atoms with E-state index in [4.69, 9.17) is 4.42 Å². The van der Waals surface area contributed by atoms with Crippen molar-refractivity contribution in [3.63, 3.8) is 0 Å². The van der Waals surface area contributed by atoms with Crippen LogP contribution < -0.4 is 5.43 Å². The Kier molecular flexibility index (Phi) is 6.49. The molecule has 1 heterocycles. The van der Waals surface area contributed by atoms with Gasteiger partial charge in [-0.25, -0.2) is 8.42 Å². The van der Waals surface area contributed by atoms with E-state index in [1.165, 1.54) is 5.56 Å². The molecule has 0 bridgehead atoms. The van der Waals surface area contributed by atoms with Gasteiger partial charge >= 0.3 is 0 Å². The van der Waals surface area contributed by atoms with E-state index in [1.807, 2.05) is 57.2 Å². The Morgan fingerprint density at radius 3 is 2.31 bits per heavy atom. The summed E-state index contributed by atoms with van der Waals surface area (Å²) in [6.45, 7) is 5.65. The monoisotopic (exact) mass is 454 g/mol. The minimum atomic E-state index is -3.06. The standard InChI is InChI=1S/C27H34O4S/c1-4-27(2,3)32(29,30)18-21-13-10-19(11-14-21)9-12-20-15-16-23-25(17-20)31-24-8-6-5-7-22(24)26(23)28/h5-8,15-17,19,21H,4,9-14,18H2,1-3H3. The molecular weight excluding hydrogens is 420 g/mol. The zero-order valence-electron chi connectivity index (χ0n) is 19.4. The van der Waals surface area contributed by atoms with Crippen LogP contribution in [0.15, 0.2) is 51.7 Å². The van der Waals surface area contributed by atoms with Gasteiger partial charge in [0.2, 0.25) is 5.43 Å². The third kappa shape index (κ3) is 4.63. The first kappa shape index (κ1) is 23.0. The summed E-state index contributed by atoms with van der Waals surface area (Å²) in [5.41, 5.74) is 2.48. The Labute approximate surface area is 190 Å². The van der Waals surface area contributed by atoms with Crippen LogP contribution in [-0.2, 0) is 16.3 Å². The molecule has 1 aliphatic rings. The highest BCUT2D eigenvalue weighted by molar-refractivity contribution is 7.92. The highest BCUT2D eigenvalue weighted by Crippen LogP contribution is 2.35. The zero-order valence-corrected chi connectivity index (χ0v) is 20.2. The average Bonchev–Trinajstić information content (AvgIpc) is 2.78. The first-order valence-electron chi connectivity index (χ1n) is 11.9. The largest absolute Gasteiger partial charge is 0.456 e. The molecule has 0 atom stereocenters. The van der Waals surface area contributed by atoms with E-state index < -0.39 is 14.6 Å². The molecule has 0 unspecified atom stereocenters. The van der Waals surface area contributed by atoms with Gasteiger partial charge in [0.1, 0.15) is 11.2 Å². The Morgan fingerprint density at radius 2 is 1.59 bits per heavy atom. The van der Waals surface area contributed by atoms with Crippen LogP contribution in [0.25, 0.3) is 21.9 Å². The number of fused-ring (bicyclic) bond motifs is 2. The first-order valence-corrected chi connectivity index (χ1v) is 13.5. The Morgan fingerprint density at radius 1 is 0.938 bits per heavy atom. The van der Waals surface area contributed by atoms with Crippen LogP contribution in [-0.4, -0.2) is 18.9 Å². The molecule has 1 saturated carbocycles. The number of rotatable bonds is 7. The number of aryl methyl sites for hydroxylation is 1. The third-order valence-electron chi connectivity index (χ3n) is 7.60. The highest BCUT2D eigenvalue weighted by atomic mass is 32.2. The van der Waals surface area contributed by atoms with Gasteiger partial charge in [-0.05, 0) is 87.6 Å². The van der Waals surface area contributed by atoms with Crippen LogP contribution in [0, 0.1) is 11.8 Å². The summed E-state index contributed by atoms with van der Waals surface area (Å²) in [5, 5.41) is 1.25. The molecule has 0 N–H and O–H groups in total. The predicted octanol–water partition coefficient (Wildman–Crippen LogP) is 6.29. The lowest BCUT2D eigenvalue weighted by Gasteiger charge is -2.31. The molecule has 5 heteroatoms. The van der Waals surface area contributed by atoms with Gasteiger partial charge in [-0.1, -0.05) is 38.0 Å². The summed E-state index contributed by atoms with van der Waals surface area (Å²) in [5.74, 6) is 1.26. The van der Waals surface area contributed by atoms with Gasteiger partial charge in [0.15, 0.2) is 9.84 Å². The third-order valence-corrected chi connectivity index (χ3v) is 10.5. The van der Waals surface area contributed by atoms with Crippen molar-refractivity contribution >= 4 is 31.8 Å². The van der Waals surface area contributed by atoms with Crippen LogP contribution in [0.1, 0.15) is 64.9 Å². The Balaban J connectivity index is 1.37. The molecule has 4 nitrogen and oxygen atoms in total. The molecule has 1 aromatic heterocycles. The zero-order chi connectivity index (χ0) is 22.9. The number of para-hydroxylation sites is 1. The van der Waals surface area contributed by atoms with Crippen molar-refractivity contribution < 1.29 is 12.8 Å². The molecule has 0 amide bonds. The molecule has 0 radical (unpaired) electrons. The van der Waals surface area contributed by atoms with Gasteiger partial charge in [-0.2, -0.15) is 0 Å². The molecule has 4 rings (SSSR count). The van der Waals surface area contributed by atoms with Crippen molar-refractivity contribution in [3.05, 3.63) is 58.3 Å². The number of sulfone groups is 1. The van der Waals surface area contributed by atoms with E-state index in [2.05, 4.69) is 0 Å². The summed E-state index contributed by atoms with van der Waals surface area (Å²) in [6, 6.07) is 13.3. The van der Waals surface area contributed by atoms with Gasteiger partial charge in [-0.15, -0.1) is 0 Å². The SMILES string of the molecule is CCC(C)(C)S(=O)(=O)CC1CCC(CCc2ccc3c(=O)c4ccccc4oc3c2)CC1. The molecule has 0 spiro atoms. The summed E-state index contributed by atoms with van der Waals surface area (Å²) in [6.07, 6.45) is 6.89. The number of hydrogen-bond donors (Lipinski definition) is 0. The average molecular weight is 455 g/mol. The topological polar surface area (TPSA) is 64.3 Å². The minimum absolute atomic E-state index is 0.0212. The second kappa shape index (κ2) is 9.01. The molecule has 1 fully saturated rings. The maximum Gasteiger partial charge on any atom is 0.200 e. The smallest absolute Gasteiger partial charge is 0.200 e. The lowest BCUT2D eigenvalue weighted by atomic mass is 9.80. The quantitative estimate of drug-likeness (QED) is 0.394. The van der Waals surface area contributed by atoms with Crippen molar-refractivity contribution in [2.45, 2.75) is 70.5 Å². The van der Waals surface area contributed by atoms with Crippen molar-refractivity contribution in [3.8, 4) is 0 Å². The second-order valence-corrected chi connectivity index (χ2v) is 12.7. The second-order valence-electron chi connectivity index (χ2n) is 10.1. The summed E-state index contributed by atoms with van der Waals surface area (Å²) < 4.78 is 30.8. The van der Waals surface area contributed by atoms with Crippen molar-refractivity contribution in [1.29, 1.82) is 0 Å². The van der Waals surface area contributed by atoms with E-state index in [0.29, 0.717) is 45.9 Å². The van der Waals surface area contributed by atoms with E-state index in [0.717, 1.165) is 38.5 Å². The fraction of sp³-hybridized carbons (Fsp3) is 0.519. The summed E-state index contributed by atoms with van der Waals surface area (Å²) in [7, 11) is -3.06. The van der Waals surface area contributed by atoms with Gasteiger partial charge in [-0.3, -0.25) is 4.79 Å². The maximum absolute atomic E-state index is 12.7. The van der Waals surface area contributed by atoms with Crippen molar-refractivity contribution in [1.82, 2.24) is 0 Å². The lowest BCUT2D eigenvalue weighted by Crippen LogP contribution is -2.36. The molecule has 1 aliphatic carbocycles. The highest BCUT2D eigenvalue weighted by Gasteiger charge is 2.35. The molecule has 3 aromatic rings. The maximum atomic E-state index is 12.7. The van der Waals surface area contributed by atoms with E-state index >= 15 is 0 Å². The van der Waals surface area contributed by atoms with Gasteiger partial charge in [0.25, 0.3) is 0 Å². The minimum Gasteiger partial charge on any atom is -0.456 e. The van der Waals surface area contributed by atoms with Crippen LogP contribution >= 0.6 is 0 Å². The van der Waals surface area contributed by atoms with E-state index in [9.17, 15) is 13.2 Å². The van der Waals surface area contributed by atoms with E-state index in [1.54, 1.807) is 6.07 Å². The van der Waals surface area contributed by atoms with Crippen LogP contribution in [0.3, 0.4) is 0 Å². The molecule has 172 valence electrons. The molecular formula is C27H34O4S. The normalized spacial score (nSPS) is 20.1. The lowest BCUT2D eigenvalue weighted by molar-refractivity contribution is 0.278. The molecule has 2 aromatic carbocycles. The van der Waals surface area contributed by atoms with Gasteiger partial charge in [0.05, 0.1) is 21.3 Å². The fourth-order valence-electron chi connectivity index (χ4n) is 4.81.